The number of nitrogens with two attached hydrogens (primary N) is 1. The lowest BCUT2D eigenvalue weighted by atomic mass is 10.1. The van der Waals surface area contributed by atoms with E-state index in [0.29, 0.717) is 18.7 Å². The van der Waals surface area contributed by atoms with Crippen LogP contribution in [0.25, 0.3) is 0 Å². The Balaban J connectivity index is 0.00000400. The Morgan fingerprint density at radius 2 is 1.71 bits per heavy atom. The smallest absolute Gasteiger partial charge is 0.253 e. The molecule has 1 atom stereocenters. The molecule has 1 aromatic carbocycles. The van der Waals surface area contributed by atoms with Gasteiger partial charge in [-0.2, -0.15) is 0 Å². The van der Waals surface area contributed by atoms with E-state index in [9.17, 15) is 9.59 Å². The second-order valence-electron chi connectivity index (χ2n) is 5.04. The van der Waals surface area contributed by atoms with Gasteiger partial charge in [-0.15, -0.1) is 12.4 Å². The van der Waals surface area contributed by atoms with Crippen molar-refractivity contribution < 1.29 is 9.59 Å². The maximum absolute atomic E-state index is 11.9. The second-order valence-corrected chi connectivity index (χ2v) is 5.04. The summed E-state index contributed by atoms with van der Waals surface area (Å²) >= 11 is 0. The number of carbonyl (C=O) groups is 2. The molecule has 0 unspecified atom stereocenters. The maximum atomic E-state index is 11.9. The summed E-state index contributed by atoms with van der Waals surface area (Å²) in [7, 11) is 3.44. The molecule has 0 saturated heterocycles. The molecule has 0 fully saturated rings. The zero-order valence-corrected chi connectivity index (χ0v) is 13.8. The van der Waals surface area contributed by atoms with Crippen LogP contribution < -0.4 is 5.73 Å². The van der Waals surface area contributed by atoms with E-state index in [2.05, 4.69) is 0 Å². The fraction of sp³-hybridized carbons (Fsp3) is 0.467. The molecule has 0 saturated carbocycles. The van der Waals surface area contributed by atoms with Crippen LogP contribution in [0, 0.1) is 0 Å². The molecule has 0 aliphatic carbocycles. The van der Waals surface area contributed by atoms with Crippen molar-refractivity contribution in [1.29, 1.82) is 0 Å². The summed E-state index contributed by atoms with van der Waals surface area (Å²) in [5.74, 6) is -0.100. The Morgan fingerprint density at radius 1 is 1.19 bits per heavy atom. The van der Waals surface area contributed by atoms with Gasteiger partial charge in [0.25, 0.3) is 5.91 Å². The standard InChI is InChI=1S/C15H23N3O2.ClH/c1-5-18(14(19)11(2)16)10-12-6-8-13(9-7-12)15(20)17(3)4;/h6-9,11H,5,10,16H2,1-4H3;1H/t11-;/m1./s1. The Kier molecular flexibility index (Phi) is 7.99. The molecule has 6 heteroatoms. The van der Waals surface area contributed by atoms with Gasteiger partial charge in [-0.3, -0.25) is 9.59 Å². The van der Waals surface area contributed by atoms with Gasteiger partial charge in [0.1, 0.15) is 0 Å². The predicted octanol–water partition coefficient (Wildman–Crippen LogP) is 1.51. The number of rotatable bonds is 5. The van der Waals surface area contributed by atoms with Crippen LogP contribution in [0.15, 0.2) is 24.3 Å². The third-order valence-electron chi connectivity index (χ3n) is 3.06. The highest BCUT2D eigenvalue weighted by molar-refractivity contribution is 5.93. The number of benzene rings is 1. The molecule has 5 nitrogen and oxygen atoms in total. The minimum absolute atomic E-state index is 0. The van der Waals surface area contributed by atoms with Gasteiger partial charge in [0.2, 0.25) is 5.91 Å². The zero-order valence-electron chi connectivity index (χ0n) is 13.0. The summed E-state index contributed by atoms with van der Waals surface area (Å²) in [6.45, 7) is 4.72. The summed E-state index contributed by atoms with van der Waals surface area (Å²) in [6, 6.07) is 6.80. The second kappa shape index (κ2) is 8.64. The average molecular weight is 314 g/mol. The van der Waals surface area contributed by atoms with Gasteiger partial charge in [-0.1, -0.05) is 12.1 Å². The van der Waals surface area contributed by atoms with Crippen LogP contribution in [-0.2, 0) is 11.3 Å². The molecule has 0 spiro atoms. The molecule has 118 valence electrons. The van der Waals surface area contributed by atoms with Gasteiger partial charge < -0.3 is 15.5 Å². The summed E-state index contributed by atoms with van der Waals surface area (Å²) in [4.78, 5) is 26.9. The summed E-state index contributed by atoms with van der Waals surface area (Å²) in [5.41, 5.74) is 7.24. The van der Waals surface area contributed by atoms with Crippen LogP contribution in [0.4, 0.5) is 0 Å². The monoisotopic (exact) mass is 313 g/mol. The molecule has 2 amide bonds. The van der Waals surface area contributed by atoms with E-state index in [0.717, 1.165) is 5.56 Å². The molecule has 0 aromatic heterocycles. The average Bonchev–Trinajstić information content (AvgIpc) is 2.43. The van der Waals surface area contributed by atoms with Crippen molar-refractivity contribution in [2.24, 2.45) is 5.73 Å². The van der Waals surface area contributed by atoms with E-state index >= 15 is 0 Å². The first kappa shape index (κ1) is 19.4. The first-order valence-corrected chi connectivity index (χ1v) is 6.71. The SMILES string of the molecule is CCN(Cc1ccc(C(=O)N(C)C)cc1)C(=O)[C@@H](C)N.Cl. The molecule has 0 bridgehead atoms. The van der Waals surface area contributed by atoms with Gasteiger partial charge in [-0.05, 0) is 31.5 Å². The maximum Gasteiger partial charge on any atom is 0.253 e. The lowest BCUT2D eigenvalue weighted by Crippen LogP contribution is -2.41. The van der Waals surface area contributed by atoms with Crippen molar-refractivity contribution in [3.63, 3.8) is 0 Å². The third kappa shape index (κ3) is 5.36. The van der Waals surface area contributed by atoms with Crippen LogP contribution in [-0.4, -0.2) is 48.3 Å². The van der Waals surface area contributed by atoms with Gasteiger partial charge >= 0.3 is 0 Å². The minimum Gasteiger partial charge on any atom is -0.345 e. The fourth-order valence-corrected chi connectivity index (χ4v) is 1.86. The van der Waals surface area contributed by atoms with Crippen molar-refractivity contribution in [2.75, 3.05) is 20.6 Å². The lowest BCUT2D eigenvalue weighted by Gasteiger charge is -2.23. The molecule has 0 aliphatic heterocycles. The van der Waals surface area contributed by atoms with Gasteiger partial charge in [0, 0.05) is 32.7 Å². The van der Waals surface area contributed by atoms with Crippen molar-refractivity contribution in [2.45, 2.75) is 26.4 Å². The van der Waals surface area contributed by atoms with Crippen molar-refractivity contribution >= 4 is 24.2 Å². The number of likely N-dealkylation sites (N-methyl/N-ethyl adjacent to an activating group) is 1. The van der Waals surface area contributed by atoms with Gasteiger partial charge in [-0.25, -0.2) is 0 Å². The molecular formula is C15H24ClN3O2. The normalized spacial score (nSPS) is 11.3. The first-order valence-electron chi connectivity index (χ1n) is 6.71. The van der Waals surface area contributed by atoms with Crippen LogP contribution in [0.5, 0.6) is 0 Å². The van der Waals surface area contributed by atoms with E-state index in [1.54, 1.807) is 38.1 Å². The van der Waals surface area contributed by atoms with E-state index in [1.165, 1.54) is 4.90 Å². The molecule has 21 heavy (non-hydrogen) atoms. The highest BCUT2D eigenvalue weighted by Crippen LogP contribution is 2.09. The van der Waals surface area contributed by atoms with Gasteiger partial charge in [0.15, 0.2) is 0 Å². The number of hydrogen-bond acceptors (Lipinski definition) is 3. The summed E-state index contributed by atoms with van der Waals surface area (Å²) in [5, 5.41) is 0. The highest BCUT2D eigenvalue weighted by Gasteiger charge is 2.16. The molecule has 1 aromatic rings. The Hall–Kier alpha value is -1.59. The molecule has 2 N–H and O–H groups in total. The van der Waals surface area contributed by atoms with Crippen LogP contribution >= 0.6 is 12.4 Å². The minimum atomic E-state index is -0.496. The van der Waals surface area contributed by atoms with Crippen molar-refractivity contribution in [1.82, 2.24) is 9.80 Å². The van der Waals surface area contributed by atoms with E-state index in [1.807, 2.05) is 19.1 Å². The van der Waals surface area contributed by atoms with Crippen LogP contribution in [0.2, 0.25) is 0 Å². The van der Waals surface area contributed by atoms with Crippen LogP contribution in [0.1, 0.15) is 29.8 Å². The number of amides is 2. The van der Waals surface area contributed by atoms with E-state index < -0.39 is 6.04 Å². The summed E-state index contributed by atoms with van der Waals surface area (Å²) < 4.78 is 0. The number of hydrogen-bond donors (Lipinski definition) is 1. The molecule has 1 rings (SSSR count). The molecule has 0 heterocycles. The Bertz CT molecular complexity index is 472. The molecule has 0 aliphatic rings. The van der Waals surface area contributed by atoms with E-state index in [4.69, 9.17) is 5.73 Å². The van der Waals surface area contributed by atoms with Crippen LogP contribution in [0.3, 0.4) is 0 Å². The third-order valence-corrected chi connectivity index (χ3v) is 3.06. The topological polar surface area (TPSA) is 66.6 Å². The fourth-order valence-electron chi connectivity index (χ4n) is 1.86. The highest BCUT2D eigenvalue weighted by atomic mass is 35.5. The van der Waals surface area contributed by atoms with Crippen molar-refractivity contribution in [3.05, 3.63) is 35.4 Å². The quantitative estimate of drug-likeness (QED) is 0.896. The lowest BCUT2D eigenvalue weighted by molar-refractivity contribution is -0.132. The Morgan fingerprint density at radius 3 is 2.10 bits per heavy atom. The van der Waals surface area contributed by atoms with E-state index in [-0.39, 0.29) is 24.2 Å². The van der Waals surface area contributed by atoms with Gasteiger partial charge in [0.05, 0.1) is 6.04 Å². The number of halogens is 1. The number of carbonyl (C=O) groups excluding carboxylic acids is 2. The first-order chi connectivity index (χ1) is 9.36. The zero-order chi connectivity index (χ0) is 15.3. The largest absolute Gasteiger partial charge is 0.345 e. The molecular weight excluding hydrogens is 290 g/mol. The summed E-state index contributed by atoms with van der Waals surface area (Å²) in [6.07, 6.45) is 0. The van der Waals surface area contributed by atoms with Crippen molar-refractivity contribution in [3.8, 4) is 0 Å². The molecule has 0 radical (unpaired) electrons. The number of nitrogens with zero attached hydrogens (tertiary/aromatic N) is 2. The Labute approximate surface area is 132 Å². The predicted molar refractivity (Wildman–Crippen MR) is 86.4 cm³/mol.